The fourth-order valence-electron chi connectivity index (χ4n) is 1.63. The lowest BCUT2D eigenvalue weighted by molar-refractivity contribution is 0.588. The quantitative estimate of drug-likeness (QED) is 0.725. The van der Waals surface area contributed by atoms with Gasteiger partial charge in [-0.15, -0.1) is 0 Å². The maximum absolute atomic E-state index is 4.03. The Balaban J connectivity index is 2.65. The van der Waals surface area contributed by atoms with Crippen molar-refractivity contribution < 1.29 is 0 Å². The summed E-state index contributed by atoms with van der Waals surface area (Å²) in [6.45, 7) is 11.3. The first-order chi connectivity index (χ1) is 7.13. The van der Waals surface area contributed by atoms with Crippen molar-refractivity contribution in [1.29, 1.82) is 0 Å². The summed E-state index contributed by atoms with van der Waals surface area (Å²) in [5.74, 6) is 0. The van der Waals surface area contributed by atoms with Gasteiger partial charge in [0.25, 0.3) is 0 Å². The molecule has 1 rings (SSSR count). The molecular formula is C14H21N. The molecule has 0 heterocycles. The van der Waals surface area contributed by atoms with E-state index >= 15 is 0 Å². The summed E-state index contributed by atoms with van der Waals surface area (Å²) in [7, 11) is 0. The third-order valence-corrected chi connectivity index (χ3v) is 2.61. The second kappa shape index (κ2) is 5.72. The van der Waals surface area contributed by atoms with Crippen molar-refractivity contribution in [1.82, 2.24) is 5.32 Å². The van der Waals surface area contributed by atoms with Crippen molar-refractivity contribution >= 4 is 0 Å². The van der Waals surface area contributed by atoms with Crippen LogP contribution in [-0.4, -0.2) is 12.6 Å². The van der Waals surface area contributed by atoms with E-state index in [1.165, 1.54) is 16.7 Å². The Bertz CT molecular complexity index is 311. The SMILES string of the molecule is C=C(C)C(Cc1ccc(C)cc1)NCC. The molecule has 0 spiro atoms. The van der Waals surface area contributed by atoms with Crippen molar-refractivity contribution in [3.05, 3.63) is 47.5 Å². The number of hydrogen-bond acceptors (Lipinski definition) is 1. The second-order valence-electron chi connectivity index (χ2n) is 4.15. The minimum absolute atomic E-state index is 0.401. The average molecular weight is 203 g/mol. The van der Waals surface area contributed by atoms with E-state index in [1.807, 2.05) is 0 Å². The molecule has 1 unspecified atom stereocenters. The Morgan fingerprint density at radius 3 is 2.40 bits per heavy atom. The number of nitrogens with one attached hydrogen (secondary N) is 1. The van der Waals surface area contributed by atoms with Gasteiger partial charge in [0, 0.05) is 6.04 Å². The minimum atomic E-state index is 0.401. The molecule has 0 aromatic heterocycles. The van der Waals surface area contributed by atoms with E-state index < -0.39 is 0 Å². The monoisotopic (exact) mass is 203 g/mol. The second-order valence-corrected chi connectivity index (χ2v) is 4.15. The molecule has 0 aliphatic carbocycles. The molecule has 82 valence electrons. The lowest BCUT2D eigenvalue weighted by atomic mass is 10.0. The van der Waals surface area contributed by atoms with E-state index in [-0.39, 0.29) is 0 Å². The third-order valence-electron chi connectivity index (χ3n) is 2.61. The summed E-state index contributed by atoms with van der Waals surface area (Å²) < 4.78 is 0. The molecule has 1 aromatic rings. The van der Waals surface area contributed by atoms with Crippen LogP contribution in [0.25, 0.3) is 0 Å². The molecular weight excluding hydrogens is 182 g/mol. The Hall–Kier alpha value is -1.08. The van der Waals surface area contributed by atoms with E-state index in [2.05, 4.69) is 56.9 Å². The summed E-state index contributed by atoms with van der Waals surface area (Å²) in [6, 6.07) is 9.12. The zero-order valence-electron chi connectivity index (χ0n) is 10.0. The standard InChI is InChI=1S/C14H21N/c1-5-15-14(11(2)3)10-13-8-6-12(4)7-9-13/h6-9,14-15H,2,5,10H2,1,3-4H3. The molecule has 1 N–H and O–H groups in total. The van der Waals surface area contributed by atoms with Crippen LogP contribution in [0.2, 0.25) is 0 Å². The molecule has 0 bridgehead atoms. The zero-order valence-corrected chi connectivity index (χ0v) is 10.0. The molecule has 1 atom stereocenters. The predicted octanol–water partition coefficient (Wildman–Crippen LogP) is 3.09. The van der Waals surface area contributed by atoms with Crippen LogP contribution in [0, 0.1) is 6.92 Å². The van der Waals surface area contributed by atoms with Crippen LogP contribution in [0.5, 0.6) is 0 Å². The van der Waals surface area contributed by atoms with Crippen LogP contribution in [0.1, 0.15) is 25.0 Å². The van der Waals surface area contributed by atoms with Gasteiger partial charge in [0.1, 0.15) is 0 Å². The number of aryl methyl sites for hydroxylation is 1. The smallest absolute Gasteiger partial charge is 0.0314 e. The van der Waals surface area contributed by atoms with Crippen LogP contribution in [0.4, 0.5) is 0 Å². The van der Waals surface area contributed by atoms with Gasteiger partial charge in [0.15, 0.2) is 0 Å². The molecule has 1 aromatic carbocycles. The molecule has 0 amide bonds. The molecule has 1 nitrogen and oxygen atoms in total. The normalized spacial score (nSPS) is 12.5. The Kier molecular flexibility index (Phi) is 4.57. The van der Waals surface area contributed by atoms with E-state index in [1.54, 1.807) is 0 Å². The minimum Gasteiger partial charge on any atom is -0.310 e. The van der Waals surface area contributed by atoms with Crippen LogP contribution in [-0.2, 0) is 6.42 Å². The largest absolute Gasteiger partial charge is 0.310 e. The molecule has 15 heavy (non-hydrogen) atoms. The molecule has 1 heteroatoms. The van der Waals surface area contributed by atoms with Gasteiger partial charge in [0.05, 0.1) is 0 Å². The average Bonchev–Trinajstić information content (AvgIpc) is 2.20. The van der Waals surface area contributed by atoms with Gasteiger partial charge in [-0.25, -0.2) is 0 Å². The lowest BCUT2D eigenvalue weighted by Crippen LogP contribution is -2.31. The van der Waals surface area contributed by atoms with Crippen LogP contribution in [0.3, 0.4) is 0 Å². The Morgan fingerprint density at radius 2 is 1.93 bits per heavy atom. The molecule has 0 radical (unpaired) electrons. The highest BCUT2D eigenvalue weighted by atomic mass is 14.9. The summed E-state index contributed by atoms with van der Waals surface area (Å²) in [5, 5.41) is 3.45. The van der Waals surface area contributed by atoms with Crippen LogP contribution >= 0.6 is 0 Å². The Labute approximate surface area is 93.2 Å². The van der Waals surface area contributed by atoms with E-state index in [0.29, 0.717) is 6.04 Å². The van der Waals surface area contributed by atoms with Crippen molar-refractivity contribution in [3.63, 3.8) is 0 Å². The highest BCUT2D eigenvalue weighted by Gasteiger charge is 2.08. The summed E-state index contributed by atoms with van der Waals surface area (Å²) in [6.07, 6.45) is 1.03. The zero-order chi connectivity index (χ0) is 11.3. The molecule has 0 saturated carbocycles. The van der Waals surface area contributed by atoms with Gasteiger partial charge in [0.2, 0.25) is 0 Å². The first-order valence-electron chi connectivity index (χ1n) is 5.57. The van der Waals surface area contributed by atoms with Crippen molar-refractivity contribution in [3.8, 4) is 0 Å². The number of likely N-dealkylation sites (N-methyl/N-ethyl adjacent to an activating group) is 1. The predicted molar refractivity (Wildman–Crippen MR) is 67.2 cm³/mol. The maximum atomic E-state index is 4.03. The van der Waals surface area contributed by atoms with E-state index in [4.69, 9.17) is 0 Å². The number of rotatable bonds is 5. The first-order valence-corrected chi connectivity index (χ1v) is 5.57. The van der Waals surface area contributed by atoms with Gasteiger partial charge in [-0.05, 0) is 32.4 Å². The molecule has 0 aliphatic rings. The van der Waals surface area contributed by atoms with Crippen molar-refractivity contribution in [2.75, 3.05) is 6.54 Å². The topological polar surface area (TPSA) is 12.0 Å². The summed E-state index contributed by atoms with van der Waals surface area (Å²) in [4.78, 5) is 0. The van der Waals surface area contributed by atoms with Gasteiger partial charge in [-0.2, -0.15) is 0 Å². The molecule has 0 fully saturated rings. The van der Waals surface area contributed by atoms with Gasteiger partial charge in [-0.3, -0.25) is 0 Å². The van der Waals surface area contributed by atoms with E-state index in [9.17, 15) is 0 Å². The number of hydrogen-bond donors (Lipinski definition) is 1. The lowest BCUT2D eigenvalue weighted by Gasteiger charge is -2.18. The fourth-order valence-corrected chi connectivity index (χ4v) is 1.63. The summed E-state index contributed by atoms with van der Waals surface area (Å²) in [5.41, 5.74) is 3.89. The van der Waals surface area contributed by atoms with Crippen LogP contribution < -0.4 is 5.32 Å². The van der Waals surface area contributed by atoms with Crippen LogP contribution in [0.15, 0.2) is 36.4 Å². The molecule has 0 aliphatic heterocycles. The van der Waals surface area contributed by atoms with Gasteiger partial charge in [-0.1, -0.05) is 48.9 Å². The fraction of sp³-hybridized carbons (Fsp3) is 0.429. The summed E-state index contributed by atoms with van der Waals surface area (Å²) >= 11 is 0. The highest BCUT2D eigenvalue weighted by Crippen LogP contribution is 2.09. The Morgan fingerprint density at radius 1 is 1.33 bits per heavy atom. The maximum Gasteiger partial charge on any atom is 0.0314 e. The number of benzene rings is 1. The van der Waals surface area contributed by atoms with Gasteiger partial charge < -0.3 is 5.32 Å². The highest BCUT2D eigenvalue weighted by molar-refractivity contribution is 5.23. The third kappa shape index (κ3) is 3.88. The van der Waals surface area contributed by atoms with Crippen molar-refractivity contribution in [2.24, 2.45) is 0 Å². The first kappa shape index (κ1) is 12.0. The van der Waals surface area contributed by atoms with E-state index in [0.717, 1.165) is 13.0 Å². The molecule has 0 saturated heterocycles. The van der Waals surface area contributed by atoms with Gasteiger partial charge >= 0.3 is 0 Å². The van der Waals surface area contributed by atoms with Crippen molar-refractivity contribution in [2.45, 2.75) is 33.2 Å².